The fourth-order valence-electron chi connectivity index (χ4n) is 2.31. The van der Waals surface area contributed by atoms with Gasteiger partial charge in [0.2, 0.25) is 0 Å². The molecule has 2 aliphatic rings. The van der Waals surface area contributed by atoms with Crippen molar-refractivity contribution in [2.45, 2.75) is 11.8 Å². The van der Waals surface area contributed by atoms with Crippen LogP contribution >= 0.6 is 0 Å². The van der Waals surface area contributed by atoms with Crippen LogP contribution in [-0.2, 0) is 5.41 Å². The van der Waals surface area contributed by atoms with Gasteiger partial charge in [-0.15, -0.1) is 0 Å². The highest BCUT2D eigenvalue weighted by Gasteiger charge is 2.38. The molecule has 1 atom stereocenters. The summed E-state index contributed by atoms with van der Waals surface area (Å²) in [5.41, 5.74) is 1.49. The fourth-order valence-corrected chi connectivity index (χ4v) is 2.31. The average molecular weight is 187 g/mol. The van der Waals surface area contributed by atoms with E-state index < -0.39 is 0 Å². The smallest absolute Gasteiger partial charge is 0.123 e. The number of rotatable bonds is 0. The summed E-state index contributed by atoms with van der Waals surface area (Å²) in [4.78, 5) is 0. The lowest BCUT2D eigenvalue weighted by molar-refractivity contribution is 0.282. The lowest BCUT2D eigenvalue weighted by atomic mass is 9.78. The van der Waals surface area contributed by atoms with Crippen LogP contribution in [0.2, 0.25) is 0 Å². The van der Waals surface area contributed by atoms with E-state index in [2.05, 4.69) is 35.8 Å². The van der Waals surface area contributed by atoms with Crippen molar-refractivity contribution in [2.24, 2.45) is 0 Å². The Morgan fingerprint density at radius 1 is 1.29 bits per heavy atom. The Kier molecular flexibility index (Phi) is 1.57. The molecule has 1 unspecified atom stereocenters. The second kappa shape index (κ2) is 2.77. The Morgan fingerprint density at radius 2 is 2.21 bits per heavy atom. The van der Waals surface area contributed by atoms with Gasteiger partial charge in [0, 0.05) is 12.1 Å². The molecule has 0 radical (unpaired) electrons. The SMILES string of the molecule is C1=CC2(CCN1)COc1ccccc12. The fraction of sp³-hybridized carbons (Fsp3) is 0.333. The number of fused-ring (bicyclic) bond motifs is 2. The van der Waals surface area contributed by atoms with E-state index in [0.29, 0.717) is 0 Å². The first-order valence-electron chi connectivity index (χ1n) is 5.04. The third-order valence-electron chi connectivity index (χ3n) is 3.14. The number of para-hydroxylation sites is 1. The standard InChI is InChI=1S/C12H13NO/c1-2-4-11-10(3-1)12(9-14-11)5-7-13-8-6-12/h1-5,7,13H,6,8-9H2. The van der Waals surface area contributed by atoms with Crippen molar-refractivity contribution < 1.29 is 4.74 Å². The van der Waals surface area contributed by atoms with Crippen LogP contribution in [0.15, 0.2) is 36.5 Å². The molecule has 1 aromatic carbocycles. The van der Waals surface area contributed by atoms with Crippen LogP contribution in [-0.4, -0.2) is 13.2 Å². The third kappa shape index (κ3) is 0.969. The average Bonchev–Trinajstić information content (AvgIpc) is 2.60. The first-order valence-corrected chi connectivity index (χ1v) is 5.04. The molecule has 2 nitrogen and oxygen atoms in total. The van der Waals surface area contributed by atoms with Gasteiger partial charge >= 0.3 is 0 Å². The Labute approximate surface area is 83.6 Å². The summed E-state index contributed by atoms with van der Waals surface area (Å²) in [5, 5.41) is 3.23. The van der Waals surface area contributed by atoms with Gasteiger partial charge in [0.15, 0.2) is 0 Å². The molecule has 2 aliphatic heterocycles. The topological polar surface area (TPSA) is 21.3 Å². The molecule has 0 saturated carbocycles. The van der Waals surface area contributed by atoms with Crippen LogP contribution in [0.4, 0.5) is 0 Å². The van der Waals surface area contributed by atoms with Crippen molar-refractivity contribution in [3.63, 3.8) is 0 Å². The number of ether oxygens (including phenoxy) is 1. The highest BCUT2D eigenvalue weighted by molar-refractivity contribution is 5.47. The molecule has 14 heavy (non-hydrogen) atoms. The summed E-state index contributed by atoms with van der Waals surface area (Å²) in [6, 6.07) is 8.35. The summed E-state index contributed by atoms with van der Waals surface area (Å²) in [5.74, 6) is 1.05. The Morgan fingerprint density at radius 3 is 3.07 bits per heavy atom. The van der Waals surface area contributed by atoms with Crippen LogP contribution in [0.5, 0.6) is 5.75 Å². The van der Waals surface area contributed by atoms with E-state index >= 15 is 0 Å². The molecule has 1 aromatic rings. The van der Waals surface area contributed by atoms with Crippen molar-refractivity contribution >= 4 is 0 Å². The lowest BCUT2D eigenvalue weighted by Gasteiger charge is -2.27. The normalized spacial score (nSPS) is 28.3. The molecule has 0 fully saturated rings. The molecule has 0 saturated heterocycles. The minimum absolute atomic E-state index is 0.141. The Balaban J connectivity index is 2.12. The van der Waals surface area contributed by atoms with Crippen molar-refractivity contribution in [3.8, 4) is 5.75 Å². The van der Waals surface area contributed by atoms with Crippen molar-refractivity contribution in [3.05, 3.63) is 42.1 Å². The zero-order valence-electron chi connectivity index (χ0n) is 7.99. The van der Waals surface area contributed by atoms with Gasteiger partial charge in [0.05, 0.1) is 5.41 Å². The maximum Gasteiger partial charge on any atom is 0.123 e. The van der Waals surface area contributed by atoms with E-state index in [1.54, 1.807) is 0 Å². The van der Waals surface area contributed by atoms with Gasteiger partial charge < -0.3 is 10.1 Å². The molecule has 0 bridgehead atoms. The first kappa shape index (κ1) is 7.92. The number of nitrogens with one attached hydrogen (secondary N) is 1. The monoisotopic (exact) mass is 187 g/mol. The number of benzene rings is 1. The van der Waals surface area contributed by atoms with E-state index in [1.165, 1.54) is 5.56 Å². The summed E-state index contributed by atoms with van der Waals surface area (Å²) < 4.78 is 5.71. The van der Waals surface area contributed by atoms with E-state index in [9.17, 15) is 0 Å². The summed E-state index contributed by atoms with van der Waals surface area (Å²) >= 11 is 0. The van der Waals surface area contributed by atoms with Crippen molar-refractivity contribution in [1.29, 1.82) is 0 Å². The van der Waals surface area contributed by atoms with Gasteiger partial charge in [-0.2, -0.15) is 0 Å². The summed E-state index contributed by atoms with van der Waals surface area (Å²) in [6.07, 6.45) is 5.41. The van der Waals surface area contributed by atoms with Gasteiger partial charge in [0.25, 0.3) is 0 Å². The predicted octanol–water partition coefficient (Wildman–Crippen LogP) is 1.82. The maximum absolute atomic E-state index is 5.71. The second-order valence-electron chi connectivity index (χ2n) is 3.98. The lowest BCUT2D eigenvalue weighted by Crippen LogP contribution is -2.33. The van der Waals surface area contributed by atoms with Crippen LogP contribution in [0.25, 0.3) is 0 Å². The van der Waals surface area contributed by atoms with E-state index in [1.807, 2.05) is 6.07 Å². The van der Waals surface area contributed by atoms with Crippen LogP contribution in [0.3, 0.4) is 0 Å². The first-order chi connectivity index (χ1) is 6.91. The largest absolute Gasteiger partial charge is 0.492 e. The molecule has 0 aromatic heterocycles. The molecule has 0 amide bonds. The molecule has 2 heteroatoms. The van der Waals surface area contributed by atoms with Gasteiger partial charge in [-0.1, -0.05) is 24.3 Å². The van der Waals surface area contributed by atoms with Crippen LogP contribution < -0.4 is 10.1 Å². The molecule has 3 rings (SSSR count). The van der Waals surface area contributed by atoms with Crippen molar-refractivity contribution in [2.75, 3.05) is 13.2 Å². The third-order valence-corrected chi connectivity index (χ3v) is 3.14. The van der Waals surface area contributed by atoms with E-state index in [0.717, 1.165) is 25.3 Å². The Bertz CT molecular complexity index is 386. The zero-order chi connectivity index (χ0) is 9.43. The minimum atomic E-state index is 0.141. The number of hydrogen-bond donors (Lipinski definition) is 1. The Hall–Kier alpha value is -1.44. The van der Waals surface area contributed by atoms with Gasteiger partial charge in [-0.05, 0) is 18.7 Å². The molecular formula is C12H13NO. The molecule has 1 spiro atoms. The quantitative estimate of drug-likeness (QED) is 0.669. The summed E-state index contributed by atoms with van der Waals surface area (Å²) in [6.45, 7) is 1.83. The molecular weight excluding hydrogens is 174 g/mol. The summed E-state index contributed by atoms with van der Waals surface area (Å²) in [7, 11) is 0. The van der Waals surface area contributed by atoms with Gasteiger partial charge in [-0.3, -0.25) is 0 Å². The van der Waals surface area contributed by atoms with E-state index in [-0.39, 0.29) is 5.41 Å². The maximum atomic E-state index is 5.71. The second-order valence-corrected chi connectivity index (χ2v) is 3.98. The van der Waals surface area contributed by atoms with Crippen molar-refractivity contribution in [1.82, 2.24) is 5.32 Å². The zero-order valence-corrected chi connectivity index (χ0v) is 7.99. The van der Waals surface area contributed by atoms with Crippen LogP contribution in [0, 0.1) is 0 Å². The van der Waals surface area contributed by atoms with Crippen LogP contribution in [0.1, 0.15) is 12.0 Å². The van der Waals surface area contributed by atoms with Gasteiger partial charge in [0.1, 0.15) is 12.4 Å². The highest BCUT2D eigenvalue weighted by Crippen LogP contribution is 2.42. The number of hydrogen-bond acceptors (Lipinski definition) is 2. The van der Waals surface area contributed by atoms with E-state index in [4.69, 9.17) is 4.74 Å². The molecule has 0 aliphatic carbocycles. The molecule has 72 valence electrons. The minimum Gasteiger partial charge on any atom is -0.492 e. The predicted molar refractivity (Wildman–Crippen MR) is 55.4 cm³/mol. The molecule has 1 N–H and O–H groups in total. The van der Waals surface area contributed by atoms with Gasteiger partial charge in [-0.25, -0.2) is 0 Å². The highest BCUT2D eigenvalue weighted by atomic mass is 16.5. The molecule has 2 heterocycles.